The van der Waals surface area contributed by atoms with Crippen molar-refractivity contribution in [3.8, 4) is 10.6 Å². The molecule has 0 spiro atoms. The molecule has 2 aromatic rings. The Morgan fingerprint density at radius 2 is 2.42 bits per heavy atom. The maximum absolute atomic E-state index is 5.09. The lowest BCUT2D eigenvalue weighted by Crippen LogP contribution is -1.82. The molecule has 0 saturated heterocycles. The van der Waals surface area contributed by atoms with Crippen LogP contribution >= 0.6 is 23.6 Å². The first kappa shape index (κ1) is 7.64. The van der Waals surface area contributed by atoms with Crippen molar-refractivity contribution in [3.63, 3.8) is 0 Å². The Hall–Kier alpha value is -1.00. The molecule has 60 valence electrons. The molecule has 1 N–H and O–H groups in total. The molecule has 0 saturated carbocycles. The van der Waals surface area contributed by atoms with Gasteiger partial charge in [0, 0.05) is 12.4 Å². The Kier molecular flexibility index (Phi) is 2.01. The fraction of sp³-hybridized carbons (Fsp3) is 0. The van der Waals surface area contributed by atoms with E-state index in [1.165, 1.54) is 0 Å². The van der Waals surface area contributed by atoms with E-state index in [1.807, 2.05) is 17.5 Å². The molecule has 0 radical (unpaired) electrons. The van der Waals surface area contributed by atoms with Crippen LogP contribution in [0.1, 0.15) is 0 Å². The molecule has 0 aliphatic rings. The van der Waals surface area contributed by atoms with Gasteiger partial charge in [0.25, 0.3) is 0 Å². The Bertz CT molecular complexity index is 417. The molecule has 2 aromatic heterocycles. The van der Waals surface area contributed by atoms with E-state index in [4.69, 9.17) is 12.2 Å². The first-order valence-corrected chi connectivity index (χ1v) is 4.74. The molecule has 4 heteroatoms. The third-order valence-electron chi connectivity index (χ3n) is 1.46. The second-order valence-electron chi connectivity index (χ2n) is 2.24. The Labute approximate surface area is 78.9 Å². The highest BCUT2D eigenvalue weighted by atomic mass is 32.1. The molecule has 2 heterocycles. The summed E-state index contributed by atoms with van der Waals surface area (Å²) in [5.74, 6) is 0. The summed E-state index contributed by atoms with van der Waals surface area (Å²) < 4.78 is 0.694. The van der Waals surface area contributed by atoms with E-state index in [-0.39, 0.29) is 0 Å². The van der Waals surface area contributed by atoms with Crippen LogP contribution in [0.15, 0.2) is 29.9 Å². The van der Waals surface area contributed by atoms with Crippen molar-refractivity contribution in [2.45, 2.75) is 0 Å². The molecule has 2 rings (SSSR count). The van der Waals surface area contributed by atoms with Gasteiger partial charge in [-0.1, -0.05) is 18.3 Å². The number of nitrogens with one attached hydrogen (secondary N) is 1. The zero-order valence-corrected chi connectivity index (χ0v) is 7.78. The van der Waals surface area contributed by atoms with Gasteiger partial charge in [-0.15, -0.1) is 11.3 Å². The maximum atomic E-state index is 5.09. The van der Waals surface area contributed by atoms with E-state index in [2.05, 4.69) is 9.97 Å². The SMILES string of the molecule is S=c1[nH]ccnc1-c1cccs1. The van der Waals surface area contributed by atoms with Gasteiger partial charge in [0.2, 0.25) is 0 Å². The van der Waals surface area contributed by atoms with Gasteiger partial charge in [-0.05, 0) is 11.4 Å². The van der Waals surface area contributed by atoms with Crippen LogP contribution in [0.2, 0.25) is 0 Å². The standard InChI is InChI=1S/C8H6N2S2/c11-8-7(9-3-4-10-8)6-2-1-5-12-6/h1-5H,(H,10,11). The van der Waals surface area contributed by atoms with Crippen molar-refractivity contribution in [2.24, 2.45) is 0 Å². The number of rotatable bonds is 1. The smallest absolute Gasteiger partial charge is 0.130 e. The molecule has 12 heavy (non-hydrogen) atoms. The van der Waals surface area contributed by atoms with Crippen LogP contribution in [0.5, 0.6) is 0 Å². The van der Waals surface area contributed by atoms with Gasteiger partial charge in [-0.25, -0.2) is 0 Å². The minimum absolute atomic E-state index is 0.694. The lowest BCUT2D eigenvalue weighted by Gasteiger charge is -1.93. The fourth-order valence-electron chi connectivity index (χ4n) is 0.941. The van der Waals surface area contributed by atoms with E-state index in [9.17, 15) is 0 Å². The second kappa shape index (κ2) is 3.16. The van der Waals surface area contributed by atoms with Crippen LogP contribution in [-0.2, 0) is 0 Å². The Balaban J connectivity index is 2.63. The summed E-state index contributed by atoms with van der Waals surface area (Å²) in [6.45, 7) is 0. The molecular weight excluding hydrogens is 188 g/mol. The molecular formula is C8H6N2S2. The quantitative estimate of drug-likeness (QED) is 0.707. The van der Waals surface area contributed by atoms with Crippen molar-refractivity contribution in [2.75, 3.05) is 0 Å². The summed E-state index contributed by atoms with van der Waals surface area (Å²) in [4.78, 5) is 8.25. The van der Waals surface area contributed by atoms with E-state index < -0.39 is 0 Å². The summed E-state index contributed by atoms with van der Waals surface area (Å²) >= 11 is 6.73. The number of thiophene rings is 1. The average Bonchev–Trinajstić information content (AvgIpc) is 2.57. The van der Waals surface area contributed by atoms with Gasteiger partial charge in [0.05, 0.1) is 4.88 Å². The zero-order chi connectivity index (χ0) is 8.39. The average molecular weight is 194 g/mol. The molecule has 0 atom stereocenters. The first-order chi connectivity index (χ1) is 5.88. The number of H-pyrrole nitrogens is 1. The van der Waals surface area contributed by atoms with Gasteiger partial charge in [-0.3, -0.25) is 4.98 Å². The molecule has 0 aliphatic carbocycles. The minimum Gasteiger partial charge on any atom is -0.350 e. The van der Waals surface area contributed by atoms with Crippen molar-refractivity contribution >= 4 is 23.6 Å². The van der Waals surface area contributed by atoms with Gasteiger partial charge in [0.1, 0.15) is 10.3 Å². The maximum Gasteiger partial charge on any atom is 0.130 e. The van der Waals surface area contributed by atoms with E-state index in [0.717, 1.165) is 10.6 Å². The summed E-state index contributed by atoms with van der Waals surface area (Å²) in [5, 5.41) is 2.01. The molecule has 0 amide bonds. The van der Waals surface area contributed by atoms with Gasteiger partial charge < -0.3 is 4.98 Å². The number of aromatic nitrogens is 2. The van der Waals surface area contributed by atoms with Crippen LogP contribution in [0.4, 0.5) is 0 Å². The summed E-state index contributed by atoms with van der Waals surface area (Å²) in [5.41, 5.74) is 0.863. The highest BCUT2D eigenvalue weighted by molar-refractivity contribution is 7.71. The lowest BCUT2D eigenvalue weighted by atomic mass is 10.4. The third-order valence-corrected chi connectivity index (χ3v) is 2.65. The number of hydrogen-bond donors (Lipinski definition) is 1. The summed E-state index contributed by atoms with van der Waals surface area (Å²) in [7, 11) is 0. The second-order valence-corrected chi connectivity index (χ2v) is 3.60. The largest absolute Gasteiger partial charge is 0.350 e. The highest BCUT2D eigenvalue weighted by Crippen LogP contribution is 2.21. The van der Waals surface area contributed by atoms with Crippen LogP contribution < -0.4 is 0 Å². The predicted molar refractivity (Wildman–Crippen MR) is 52.7 cm³/mol. The zero-order valence-electron chi connectivity index (χ0n) is 6.15. The van der Waals surface area contributed by atoms with Gasteiger partial charge in [0.15, 0.2) is 0 Å². The Morgan fingerprint density at radius 1 is 1.50 bits per heavy atom. The first-order valence-electron chi connectivity index (χ1n) is 3.45. The number of hydrogen-bond acceptors (Lipinski definition) is 3. The molecule has 0 aliphatic heterocycles. The third kappa shape index (κ3) is 1.31. The Morgan fingerprint density at radius 3 is 3.08 bits per heavy atom. The topological polar surface area (TPSA) is 28.7 Å². The normalized spacial score (nSPS) is 10.0. The van der Waals surface area contributed by atoms with Gasteiger partial charge in [-0.2, -0.15) is 0 Å². The van der Waals surface area contributed by atoms with Gasteiger partial charge >= 0.3 is 0 Å². The van der Waals surface area contributed by atoms with Crippen molar-refractivity contribution < 1.29 is 0 Å². The summed E-state index contributed by atoms with van der Waals surface area (Å²) in [6, 6.07) is 4.00. The lowest BCUT2D eigenvalue weighted by molar-refractivity contribution is 1.19. The number of aromatic amines is 1. The molecule has 0 bridgehead atoms. The molecule has 0 unspecified atom stereocenters. The van der Waals surface area contributed by atoms with E-state index in [0.29, 0.717) is 4.64 Å². The van der Waals surface area contributed by atoms with Crippen molar-refractivity contribution in [1.82, 2.24) is 9.97 Å². The van der Waals surface area contributed by atoms with E-state index in [1.54, 1.807) is 23.7 Å². The predicted octanol–water partition coefficient (Wildman–Crippen LogP) is 2.87. The molecule has 0 fully saturated rings. The van der Waals surface area contributed by atoms with Crippen molar-refractivity contribution in [1.29, 1.82) is 0 Å². The fourth-order valence-corrected chi connectivity index (χ4v) is 1.96. The monoisotopic (exact) mass is 194 g/mol. The molecule has 2 nitrogen and oxygen atoms in total. The number of nitrogens with zero attached hydrogens (tertiary/aromatic N) is 1. The van der Waals surface area contributed by atoms with Crippen LogP contribution in [-0.4, -0.2) is 9.97 Å². The minimum atomic E-state index is 0.694. The van der Waals surface area contributed by atoms with Crippen LogP contribution in [0, 0.1) is 4.64 Å². The van der Waals surface area contributed by atoms with Crippen LogP contribution in [0.25, 0.3) is 10.6 Å². The summed E-state index contributed by atoms with van der Waals surface area (Å²) in [6.07, 6.45) is 3.45. The highest BCUT2D eigenvalue weighted by Gasteiger charge is 2.00. The van der Waals surface area contributed by atoms with Crippen molar-refractivity contribution in [3.05, 3.63) is 34.5 Å². The van der Waals surface area contributed by atoms with E-state index >= 15 is 0 Å². The molecule has 0 aromatic carbocycles. The van der Waals surface area contributed by atoms with Crippen LogP contribution in [0.3, 0.4) is 0 Å².